The van der Waals surface area contributed by atoms with E-state index in [0.717, 1.165) is 0 Å². The number of carbonyl (C=O) groups is 1. The molecule has 0 aliphatic heterocycles. The van der Waals surface area contributed by atoms with Crippen molar-refractivity contribution < 1.29 is 14.6 Å². The second-order valence-corrected chi connectivity index (χ2v) is 3.21. The molecule has 0 fully saturated rings. The molecular formula is C11H14O3. The third kappa shape index (κ3) is 2.85. The summed E-state index contributed by atoms with van der Waals surface area (Å²) in [6, 6.07) is 7.01. The van der Waals surface area contributed by atoms with Gasteiger partial charge in [-0.05, 0) is 26.0 Å². The van der Waals surface area contributed by atoms with Gasteiger partial charge in [0.15, 0.2) is 5.78 Å². The number of hydrogen-bond acceptors (Lipinski definition) is 3. The summed E-state index contributed by atoms with van der Waals surface area (Å²) in [5.41, 5.74) is 0.549. The lowest BCUT2D eigenvalue weighted by molar-refractivity contribution is 0.0995. The average Bonchev–Trinajstić information content (AvgIpc) is 2.15. The molecule has 1 aromatic carbocycles. The summed E-state index contributed by atoms with van der Waals surface area (Å²) in [7, 11) is 0. The van der Waals surface area contributed by atoms with Crippen molar-refractivity contribution in [1.82, 2.24) is 0 Å². The standard InChI is InChI=1S/C11H14O3/c1-8(12)7-14-11-6-4-3-5-10(11)9(2)13/h3-6,8,12H,7H2,1-2H3. The summed E-state index contributed by atoms with van der Waals surface area (Å²) < 4.78 is 5.29. The van der Waals surface area contributed by atoms with Crippen LogP contribution in [0.1, 0.15) is 24.2 Å². The highest BCUT2D eigenvalue weighted by Crippen LogP contribution is 2.18. The molecule has 0 saturated carbocycles. The van der Waals surface area contributed by atoms with E-state index in [1.807, 2.05) is 0 Å². The molecule has 0 radical (unpaired) electrons. The maximum absolute atomic E-state index is 11.2. The van der Waals surface area contributed by atoms with E-state index in [4.69, 9.17) is 9.84 Å². The van der Waals surface area contributed by atoms with Crippen molar-refractivity contribution >= 4 is 5.78 Å². The minimum atomic E-state index is -0.532. The monoisotopic (exact) mass is 194 g/mol. The van der Waals surface area contributed by atoms with Gasteiger partial charge in [-0.1, -0.05) is 12.1 Å². The van der Waals surface area contributed by atoms with E-state index in [1.54, 1.807) is 31.2 Å². The molecule has 14 heavy (non-hydrogen) atoms. The number of benzene rings is 1. The predicted molar refractivity (Wildman–Crippen MR) is 53.6 cm³/mol. The molecule has 0 aromatic heterocycles. The number of aliphatic hydroxyl groups excluding tert-OH is 1. The van der Waals surface area contributed by atoms with Crippen molar-refractivity contribution in [3.63, 3.8) is 0 Å². The average molecular weight is 194 g/mol. The van der Waals surface area contributed by atoms with E-state index in [-0.39, 0.29) is 12.4 Å². The Bertz CT molecular complexity index is 318. The van der Waals surface area contributed by atoms with Crippen molar-refractivity contribution in [2.75, 3.05) is 6.61 Å². The Morgan fingerprint density at radius 2 is 2.14 bits per heavy atom. The number of Topliss-reactive ketones (excluding diaryl/α,β-unsaturated/α-hetero) is 1. The number of ether oxygens (including phenoxy) is 1. The molecule has 1 rings (SSSR count). The second-order valence-electron chi connectivity index (χ2n) is 3.21. The Morgan fingerprint density at radius 3 is 2.71 bits per heavy atom. The third-order valence-corrected chi connectivity index (χ3v) is 1.75. The molecule has 0 amide bonds. The SMILES string of the molecule is CC(=O)c1ccccc1OCC(C)O. The van der Waals surface area contributed by atoms with Crippen LogP contribution < -0.4 is 4.74 Å². The predicted octanol–water partition coefficient (Wildman–Crippen LogP) is 1.65. The summed E-state index contributed by atoms with van der Waals surface area (Å²) in [5, 5.41) is 9.03. The zero-order valence-corrected chi connectivity index (χ0v) is 8.36. The lowest BCUT2D eigenvalue weighted by Gasteiger charge is -2.10. The van der Waals surface area contributed by atoms with Crippen LogP contribution in [-0.4, -0.2) is 23.6 Å². The minimum absolute atomic E-state index is 0.0359. The summed E-state index contributed by atoms with van der Waals surface area (Å²) in [5.74, 6) is 0.493. The van der Waals surface area contributed by atoms with Crippen LogP contribution in [0, 0.1) is 0 Å². The summed E-state index contributed by atoms with van der Waals surface area (Å²) in [4.78, 5) is 11.2. The molecule has 1 unspecified atom stereocenters. The number of para-hydroxylation sites is 1. The maximum Gasteiger partial charge on any atom is 0.163 e. The molecular weight excluding hydrogens is 180 g/mol. The van der Waals surface area contributed by atoms with Gasteiger partial charge in [-0.25, -0.2) is 0 Å². The van der Waals surface area contributed by atoms with E-state index in [9.17, 15) is 4.79 Å². The minimum Gasteiger partial charge on any atom is -0.490 e. The van der Waals surface area contributed by atoms with Crippen LogP contribution in [0.3, 0.4) is 0 Å². The van der Waals surface area contributed by atoms with Crippen LogP contribution in [0.2, 0.25) is 0 Å². The first-order chi connectivity index (χ1) is 6.61. The van der Waals surface area contributed by atoms with Crippen LogP contribution in [0.5, 0.6) is 5.75 Å². The van der Waals surface area contributed by atoms with E-state index >= 15 is 0 Å². The lowest BCUT2D eigenvalue weighted by atomic mass is 10.1. The Hall–Kier alpha value is -1.35. The molecule has 0 aliphatic rings. The Balaban J connectivity index is 2.79. The van der Waals surface area contributed by atoms with E-state index in [0.29, 0.717) is 11.3 Å². The molecule has 0 saturated heterocycles. The van der Waals surface area contributed by atoms with Crippen LogP contribution >= 0.6 is 0 Å². The van der Waals surface area contributed by atoms with Gasteiger partial charge in [-0.2, -0.15) is 0 Å². The van der Waals surface area contributed by atoms with Gasteiger partial charge in [0.25, 0.3) is 0 Å². The number of rotatable bonds is 4. The molecule has 76 valence electrons. The van der Waals surface area contributed by atoms with Crippen molar-refractivity contribution in [1.29, 1.82) is 0 Å². The normalized spacial score (nSPS) is 12.2. The fraction of sp³-hybridized carbons (Fsp3) is 0.364. The Labute approximate surface area is 83.3 Å². The first-order valence-electron chi connectivity index (χ1n) is 4.52. The smallest absolute Gasteiger partial charge is 0.163 e. The number of ketones is 1. The lowest BCUT2D eigenvalue weighted by Crippen LogP contribution is -2.14. The van der Waals surface area contributed by atoms with Gasteiger partial charge in [0, 0.05) is 0 Å². The van der Waals surface area contributed by atoms with Gasteiger partial charge >= 0.3 is 0 Å². The first-order valence-corrected chi connectivity index (χ1v) is 4.52. The van der Waals surface area contributed by atoms with Crippen molar-refractivity contribution in [3.05, 3.63) is 29.8 Å². The molecule has 0 bridgehead atoms. The van der Waals surface area contributed by atoms with E-state index < -0.39 is 6.10 Å². The van der Waals surface area contributed by atoms with Crippen LogP contribution in [0.15, 0.2) is 24.3 Å². The zero-order valence-electron chi connectivity index (χ0n) is 8.36. The topological polar surface area (TPSA) is 46.5 Å². The van der Waals surface area contributed by atoms with Crippen LogP contribution in [-0.2, 0) is 0 Å². The maximum atomic E-state index is 11.2. The number of carbonyl (C=O) groups excluding carboxylic acids is 1. The highest BCUT2D eigenvalue weighted by Gasteiger charge is 2.07. The zero-order chi connectivity index (χ0) is 10.6. The number of aliphatic hydroxyl groups is 1. The molecule has 1 N–H and O–H groups in total. The largest absolute Gasteiger partial charge is 0.490 e. The van der Waals surface area contributed by atoms with Gasteiger partial charge in [0.05, 0.1) is 11.7 Å². The Morgan fingerprint density at radius 1 is 1.50 bits per heavy atom. The first kappa shape index (κ1) is 10.7. The summed E-state index contributed by atoms with van der Waals surface area (Å²) in [6.45, 7) is 3.32. The number of hydrogen-bond donors (Lipinski definition) is 1. The van der Waals surface area contributed by atoms with E-state index in [2.05, 4.69) is 0 Å². The third-order valence-electron chi connectivity index (χ3n) is 1.75. The van der Waals surface area contributed by atoms with Gasteiger partial charge in [-0.15, -0.1) is 0 Å². The molecule has 3 heteroatoms. The Kier molecular flexibility index (Phi) is 3.65. The highest BCUT2D eigenvalue weighted by molar-refractivity contribution is 5.96. The van der Waals surface area contributed by atoms with Gasteiger partial charge in [-0.3, -0.25) is 4.79 Å². The fourth-order valence-electron chi connectivity index (χ4n) is 1.09. The molecule has 0 heterocycles. The summed E-state index contributed by atoms with van der Waals surface area (Å²) in [6.07, 6.45) is -0.532. The molecule has 1 atom stereocenters. The van der Waals surface area contributed by atoms with Crippen LogP contribution in [0.4, 0.5) is 0 Å². The van der Waals surface area contributed by atoms with Crippen molar-refractivity contribution in [2.24, 2.45) is 0 Å². The van der Waals surface area contributed by atoms with Gasteiger partial charge < -0.3 is 9.84 Å². The quantitative estimate of drug-likeness (QED) is 0.741. The molecule has 0 spiro atoms. The summed E-state index contributed by atoms with van der Waals surface area (Å²) >= 11 is 0. The van der Waals surface area contributed by atoms with E-state index in [1.165, 1.54) is 6.92 Å². The molecule has 3 nitrogen and oxygen atoms in total. The molecule has 0 aliphatic carbocycles. The van der Waals surface area contributed by atoms with Crippen LogP contribution in [0.25, 0.3) is 0 Å². The highest BCUT2D eigenvalue weighted by atomic mass is 16.5. The van der Waals surface area contributed by atoms with Crippen molar-refractivity contribution in [2.45, 2.75) is 20.0 Å². The van der Waals surface area contributed by atoms with Gasteiger partial charge in [0.1, 0.15) is 12.4 Å². The van der Waals surface area contributed by atoms with Crippen molar-refractivity contribution in [3.8, 4) is 5.75 Å². The van der Waals surface area contributed by atoms with Gasteiger partial charge in [0.2, 0.25) is 0 Å². The fourth-order valence-corrected chi connectivity index (χ4v) is 1.09. The molecule has 1 aromatic rings. The second kappa shape index (κ2) is 4.77.